The molecule has 0 amide bonds. The highest BCUT2D eigenvalue weighted by atomic mass is 16.5. The average Bonchev–Trinajstić information content (AvgIpc) is 2.42. The Balaban J connectivity index is 2.02. The molecular formula is C20H30O2. The van der Waals surface area contributed by atoms with E-state index < -0.39 is 0 Å². The maximum atomic E-state index is 12.4. The van der Waals surface area contributed by atoms with E-state index in [1.165, 1.54) is 0 Å². The van der Waals surface area contributed by atoms with E-state index in [1.54, 1.807) is 0 Å². The van der Waals surface area contributed by atoms with Gasteiger partial charge in [0, 0.05) is 5.41 Å². The largest absolute Gasteiger partial charge is 0.365 e. The van der Waals surface area contributed by atoms with Gasteiger partial charge in [-0.2, -0.15) is 0 Å². The summed E-state index contributed by atoms with van der Waals surface area (Å²) in [6.07, 6.45) is 10.2. The third kappa shape index (κ3) is 1.99. The molecule has 2 aliphatic carbocycles. The quantitative estimate of drug-likeness (QED) is 0.656. The highest BCUT2D eigenvalue weighted by Gasteiger charge is 2.61. The zero-order valence-electron chi connectivity index (χ0n) is 14.7. The van der Waals surface area contributed by atoms with Gasteiger partial charge >= 0.3 is 0 Å². The fourth-order valence-corrected chi connectivity index (χ4v) is 5.73. The highest BCUT2D eigenvalue weighted by Crippen LogP contribution is 2.63. The Morgan fingerprint density at radius 3 is 2.41 bits per heavy atom. The molecule has 2 fully saturated rings. The summed E-state index contributed by atoms with van der Waals surface area (Å²) in [5, 5.41) is 0. The molecule has 0 bridgehead atoms. The van der Waals surface area contributed by atoms with Crippen molar-refractivity contribution in [3.8, 4) is 0 Å². The number of hydrogen-bond donors (Lipinski definition) is 0. The zero-order chi connectivity index (χ0) is 16.4. The van der Waals surface area contributed by atoms with Crippen molar-refractivity contribution in [2.45, 2.75) is 71.5 Å². The van der Waals surface area contributed by atoms with Gasteiger partial charge in [0.05, 0.1) is 11.2 Å². The predicted octanol–water partition coefficient (Wildman–Crippen LogP) is 4.70. The fourth-order valence-electron chi connectivity index (χ4n) is 5.73. The number of fused-ring (bicyclic) bond motifs is 3. The lowest BCUT2D eigenvalue weighted by Crippen LogP contribution is -2.62. The molecule has 22 heavy (non-hydrogen) atoms. The number of rotatable bonds is 1. The molecule has 3 rings (SSSR count). The van der Waals surface area contributed by atoms with Gasteiger partial charge in [-0.15, -0.1) is 6.58 Å². The number of ketones is 1. The molecular weight excluding hydrogens is 272 g/mol. The van der Waals surface area contributed by atoms with Crippen molar-refractivity contribution in [2.24, 2.45) is 22.7 Å². The topological polar surface area (TPSA) is 26.3 Å². The monoisotopic (exact) mass is 302 g/mol. The molecule has 1 saturated carbocycles. The average molecular weight is 302 g/mol. The van der Waals surface area contributed by atoms with Crippen molar-refractivity contribution >= 4 is 5.78 Å². The van der Waals surface area contributed by atoms with Crippen LogP contribution in [0.5, 0.6) is 0 Å². The first kappa shape index (κ1) is 16.0. The molecule has 0 aromatic heterocycles. The minimum atomic E-state index is -0.260. The number of carbonyl (C=O) groups is 1. The van der Waals surface area contributed by atoms with Crippen molar-refractivity contribution in [2.75, 3.05) is 0 Å². The van der Waals surface area contributed by atoms with Crippen LogP contribution in [0.4, 0.5) is 0 Å². The van der Waals surface area contributed by atoms with E-state index in [0.29, 0.717) is 11.8 Å². The minimum absolute atomic E-state index is 0.0485. The van der Waals surface area contributed by atoms with Gasteiger partial charge in [-0.05, 0) is 62.9 Å². The van der Waals surface area contributed by atoms with Crippen molar-refractivity contribution < 1.29 is 9.53 Å². The lowest BCUT2D eigenvalue weighted by atomic mass is 9.46. The molecule has 0 N–H and O–H groups in total. The summed E-state index contributed by atoms with van der Waals surface area (Å²) in [4.78, 5) is 12.4. The van der Waals surface area contributed by atoms with Crippen LogP contribution in [-0.4, -0.2) is 17.0 Å². The van der Waals surface area contributed by atoms with Crippen LogP contribution >= 0.6 is 0 Å². The summed E-state index contributed by atoms with van der Waals surface area (Å²) in [7, 11) is 0. The van der Waals surface area contributed by atoms with Crippen LogP contribution in [-0.2, 0) is 9.53 Å². The lowest BCUT2D eigenvalue weighted by Gasteiger charge is -2.63. The Hall–Kier alpha value is -0.890. The first-order valence-corrected chi connectivity index (χ1v) is 8.65. The van der Waals surface area contributed by atoms with Gasteiger partial charge in [0.2, 0.25) is 0 Å². The Bertz CT molecular complexity index is 546. The highest BCUT2D eigenvalue weighted by molar-refractivity contribution is 5.95. The third-order valence-electron chi connectivity index (χ3n) is 7.10. The van der Waals surface area contributed by atoms with Gasteiger partial charge in [0.1, 0.15) is 0 Å². The number of hydrogen-bond acceptors (Lipinski definition) is 2. The van der Waals surface area contributed by atoms with Crippen molar-refractivity contribution in [1.29, 1.82) is 0 Å². The van der Waals surface area contributed by atoms with E-state index in [2.05, 4.69) is 47.3 Å². The Morgan fingerprint density at radius 2 is 1.77 bits per heavy atom. The van der Waals surface area contributed by atoms with Crippen molar-refractivity contribution in [1.82, 2.24) is 0 Å². The first-order chi connectivity index (χ1) is 10.1. The summed E-state index contributed by atoms with van der Waals surface area (Å²) in [5.74, 6) is 1.16. The number of allylic oxidation sites excluding steroid dienone is 2. The van der Waals surface area contributed by atoms with Gasteiger partial charge in [0.25, 0.3) is 0 Å². The van der Waals surface area contributed by atoms with Gasteiger partial charge in [-0.25, -0.2) is 0 Å². The molecule has 1 saturated heterocycles. The smallest absolute Gasteiger partial charge is 0.161 e. The third-order valence-corrected chi connectivity index (χ3v) is 7.10. The summed E-state index contributed by atoms with van der Waals surface area (Å²) in [6, 6.07) is 0. The maximum absolute atomic E-state index is 12.4. The normalized spacial score (nSPS) is 50.1. The molecule has 2 nitrogen and oxygen atoms in total. The molecule has 1 heterocycles. The van der Waals surface area contributed by atoms with E-state index in [0.717, 1.165) is 25.7 Å². The molecule has 0 aromatic rings. The predicted molar refractivity (Wildman–Crippen MR) is 89.6 cm³/mol. The van der Waals surface area contributed by atoms with Crippen LogP contribution in [0.25, 0.3) is 0 Å². The minimum Gasteiger partial charge on any atom is -0.365 e. The Labute approximate surface area is 135 Å². The Kier molecular flexibility index (Phi) is 3.32. The SMILES string of the molecule is C=C[C@]1(C)CC[C@H]2[C@]3(C)C=CC(=O)C(C)(C)[C@H]3CC[C@]2(C)O1. The molecule has 0 unspecified atom stereocenters. The Morgan fingerprint density at radius 1 is 1.14 bits per heavy atom. The standard InChI is InChI=1S/C20H30O2/c1-7-18(4)11-8-15-19(5)12-10-16(21)17(2,3)14(19)9-13-20(15,6)22-18/h7,10,12,14-15H,1,8-9,11,13H2,2-6H3/t14-,15+,18-,19-,20+/m1/s1. The van der Waals surface area contributed by atoms with Crippen LogP contribution in [0.1, 0.15) is 60.3 Å². The van der Waals surface area contributed by atoms with Crippen LogP contribution in [0.15, 0.2) is 24.8 Å². The molecule has 2 heteroatoms. The van der Waals surface area contributed by atoms with Crippen molar-refractivity contribution in [3.05, 3.63) is 24.8 Å². The molecule has 0 spiro atoms. The summed E-state index contributed by atoms with van der Waals surface area (Å²) < 4.78 is 6.59. The van der Waals surface area contributed by atoms with E-state index in [4.69, 9.17) is 4.74 Å². The second kappa shape index (κ2) is 4.56. The summed E-state index contributed by atoms with van der Waals surface area (Å²) >= 11 is 0. The van der Waals surface area contributed by atoms with Gasteiger partial charge in [0.15, 0.2) is 5.78 Å². The van der Waals surface area contributed by atoms with E-state index >= 15 is 0 Å². The number of carbonyl (C=O) groups excluding carboxylic acids is 1. The van der Waals surface area contributed by atoms with E-state index in [1.807, 2.05) is 12.2 Å². The van der Waals surface area contributed by atoms with Gasteiger partial charge in [-0.1, -0.05) is 32.9 Å². The number of ether oxygens (including phenoxy) is 1. The fraction of sp³-hybridized carbons (Fsp3) is 0.750. The van der Waals surface area contributed by atoms with Crippen molar-refractivity contribution in [3.63, 3.8) is 0 Å². The second-order valence-electron chi connectivity index (χ2n) is 8.90. The lowest BCUT2D eigenvalue weighted by molar-refractivity contribution is -0.235. The van der Waals surface area contributed by atoms with E-state index in [9.17, 15) is 4.79 Å². The first-order valence-electron chi connectivity index (χ1n) is 8.65. The molecule has 122 valence electrons. The van der Waals surface area contributed by atoms with Crippen LogP contribution in [0.2, 0.25) is 0 Å². The summed E-state index contributed by atoms with van der Waals surface area (Å²) in [5.41, 5.74) is -0.539. The van der Waals surface area contributed by atoms with Crippen LogP contribution in [0.3, 0.4) is 0 Å². The molecule has 5 atom stereocenters. The summed E-state index contributed by atoms with van der Waals surface area (Å²) in [6.45, 7) is 15.0. The zero-order valence-corrected chi connectivity index (χ0v) is 14.7. The molecule has 0 aromatic carbocycles. The maximum Gasteiger partial charge on any atom is 0.161 e. The molecule has 0 radical (unpaired) electrons. The second-order valence-corrected chi connectivity index (χ2v) is 8.90. The molecule has 1 aliphatic heterocycles. The van der Waals surface area contributed by atoms with Gasteiger partial charge < -0.3 is 4.74 Å². The van der Waals surface area contributed by atoms with Gasteiger partial charge in [-0.3, -0.25) is 4.79 Å². The van der Waals surface area contributed by atoms with Crippen LogP contribution < -0.4 is 0 Å². The van der Waals surface area contributed by atoms with Crippen LogP contribution in [0, 0.1) is 22.7 Å². The van der Waals surface area contributed by atoms with E-state index in [-0.39, 0.29) is 27.8 Å². The molecule has 3 aliphatic rings.